The molecule has 2 atom stereocenters. The molecule has 1 aliphatic heterocycles. The zero-order chi connectivity index (χ0) is 20.6. The van der Waals surface area contributed by atoms with Crippen molar-refractivity contribution in [1.82, 2.24) is 0 Å². The van der Waals surface area contributed by atoms with Crippen molar-refractivity contribution in [3.8, 4) is 5.75 Å². The predicted molar refractivity (Wildman–Crippen MR) is 110 cm³/mol. The number of methoxy groups -OCH3 is 1. The van der Waals surface area contributed by atoms with Gasteiger partial charge in [0.2, 0.25) is 0 Å². The van der Waals surface area contributed by atoms with Crippen molar-refractivity contribution in [3.63, 3.8) is 0 Å². The number of ether oxygens (including phenoxy) is 4. The van der Waals surface area contributed by atoms with Crippen molar-refractivity contribution >= 4 is 5.97 Å². The summed E-state index contributed by atoms with van der Waals surface area (Å²) in [5.41, 5.74) is 4.12. The van der Waals surface area contributed by atoms with Gasteiger partial charge < -0.3 is 18.9 Å². The van der Waals surface area contributed by atoms with E-state index in [2.05, 4.69) is 0 Å². The molecule has 0 fully saturated rings. The van der Waals surface area contributed by atoms with E-state index in [1.807, 2.05) is 68.5 Å². The van der Waals surface area contributed by atoms with E-state index in [0.717, 1.165) is 28.0 Å². The summed E-state index contributed by atoms with van der Waals surface area (Å²) in [4.78, 5) is 12.2. The second-order valence-electron chi connectivity index (χ2n) is 7.19. The Morgan fingerprint density at radius 2 is 1.83 bits per heavy atom. The molecule has 2 aromatic rings. The highest BCUT2D eigenvalue weighted by atomic mass is 16.5. The number of hydrogen-bond donors (Lipinski definition) is 0. The summed E-state index contributed by atoms with van der Waals surface area (Å²) in [7, 11) is 1.65. The molecule has 0 aromatic heterocycles. The number of cyclic esters (lactones) is 1. The van der Waals surface area contributed by atoms with E-state index in [1.54, 1.807) is 7.11 Å². The first-order valence-electron chi connectivity index (χ1n) is 9.82. The van der Waals surface area contributed by atoms with Crippen LogP contribution in [0.25, 0.3) is 0 Å². The third kappa shape index (κ3) is 6.17. The van der Waals surface area contributed by atoms with Crippen LogP contribution in [0.4, 0.5) is 0 Å². The van der Waals surface area contributed by atoms with Crippen molar-refractivity contribution < 1.29 is 23.7 Å². The Labute approximate surface area is 172 Å². The Bertz CT molecular complexity index is 841. The molecule has 3 rings (SSSR count). The number of carbonyl (C=O) groups excluding carboxylic acids is 1. The molecule has 0 saturated carbocycles. The van der Waals surface area contributed by atoms with E-state index in [-0.39, 0.29) is 31.2 Å². The number of rotatable bonds is 6. The molecule has 0 amide bonds. The topological polar surface area (TPSA) is 54.0 Å². The van der Waals surface area contributed by atoms with Gasteiger partial charge in [-0.2, -0.15) is 0 Å². The molecule has 0 unspecified atom stereocenters. The van der Waals surface area contributed by atoms with Crippen molar-refractivity contribution in [3.05, 3.63) is 76.9 Å². The second kappa shape index (κ2) is 10.2. The molecule has 0 spiro atoms. The number of carbonyl (C=O) groups is 1. The van der Waals surface area contributed by atoms with Gasteiger partial charge in [-0.1, -0.05) is 42.5 Å². The van der Waals surface area contributed by atoms with Gasteiger partial charge in [0.15, 0.2) is 0 Å². The number of fused-ring (bicyclic) bond motifs is 1. The van der Waals surface area contributed by atoms with Gasteiger partial charge in [0.05, 0.1) is 39.0 Å². The van der Waals surface area contributed by atoms with Crippen LogP contribution in [-0.4, -0.2) is 25.3 Å². The summed E-state index contributed by atoms with van der Waals surface area (Å²) in [6.07, 6.45) is 1.71. The quantitative estimate of drug-likeness (QED) is 0.528. The van der Waals surface area contributed by atoms with E-state index in [0.29, 0.717) is 13.2 Å². The molecular formula is C24H28O5. The molecule has 0 aliphatic carbocycles. The van der Waals surface area contributed by atoms with Crippen molar-refractivity contribution in [2.45, 2.75) is 52.3 Å². The van der Waals surface area contributed by atoms with Gasteiger partial charge in [-0.3, -0.25) is 4.79 Å². The van der Waals surface area contributed by atoms with Crippen LogP contribution in [0, 0.1) is 0 Å². The standard InChI is InChI=1S/C24H28O5/c1-17(18(2)27-14-19-8-10-22(26-3)11-9-19)12-23-13-24(25)29-16-21-7-5-4-6-20(21)15-28-23/h4-12,18,23H,13-16H2,1-3H3/b17-12-/t18-,23-/m0/s1. The molecule has 5 nitrogen and oxygen atoms in total. The zero-order valence-corrected chi connectivity index (χ0v) is 17.2. The lowest BCUT2D eigenvalue weighted by atomic mass is 10.1. The smallest absolute Gasteiger partial charge is 0.309 e. The molecule has 0 radical (unpaired) electrons. The van der Waals surface area contributed by atoms with Gasteiger partial charge >= 0.3 is 5.97 Å². The highest BCUT2D eigenvalue weighted by Gasteiger charge is 2.19. The number of hydrogen-bond acceptors (Lipinski definition) is 5. The first kappa shape index (κ1) is 21.1. The molecule has 1 heterocycles. The normalized spacial score (nSPS) is 18.7. The van der Waals surface area contributed by atoms with Crippen molar-refractivity contribution in [2.75, 3.05) is 7.11 Å². The first-order valence-corrected chi connectivity index (χ1v) is 9.82. The van der Waals surface area contributed by atoms with Crippen LogP contribution >= 0.6 is 0 Å². The Morgan fingerprint density at radius 3 is 2.52 bits per heavy atom. The van der Waals surface area contributed by atoms with Gasteiger partial charge in [-0.25, -0.2) is 0 Å². The fourth-order valence-electron chi connectivity index (χ4n) is 3.09. The van der Waals surface area contributed by atoms with Crippen LogP contribution < -0.4 is 4.74 Å². The second-order valence-corrected chi connectivity index (χ2v) is 7.19. The van der Waals surface area contributed by atoms with Crippen molar-refractivity contribution in [2.24, 2.45) is 0 Å². The van der Waals surface area contributed by atoms with Gasteiger partial charge in [0, 0.05) is 0 Å². The van der Waals surface area contributed by atoms with E-state index in [1.165, 1.54) is 0 Å². The fourth-order valence-corrected chi connectivity index (χ4v) is 3.09. The van der Waals surface area contributed by atoms with Gasteiger partial charge in [0.25, 0.3) is 0 Å². The molecule has 154 valence electrons. The van der Waals surface area contributed by atoms with E-state index in [9.17, 15) is 4.79 Å². The average Bonchev–Trinajstić information content (AvgIpc) is 2.82. The van der Waals surface area contributed by atoms with E-state index < -0.39 is 0 Å². The molecule has 0 bridgehead atoms. The molecule has 5 heteroatoms. The van der Waals surface area contributed by atoms with Gasteiger partial charge in [-0.05, 0) is 48.2 Å². The van der Waals surface area contributed by atoms with Gasteiger partial charge in [-0.15, -0.1) is 0 Å². The summed E-state index contributed by atoms with van der Waals surface area (Å²) in [5, 5.41) is 0. The van der Waals surface area contributed by atoms with Crippen LogP contribution in [0.3, 0.4) is 0 Å². The maximum atomic E-state index is 12.2. The molecule has 29 heavy (non-hydrogen) atoms. The maximum Gasteiger partial charge on any atom is 0.309 e. The SMILES string of the molecule is COc1ccc(CO[C@@H](C)/C(C)=C\[C@H]2CC(=O)OCc3ccccc3CO2)cc1. The summed E-state index contributed by atoms with van der Waals surface area (Å²) in [6.45, 7) is 5.22. The van der Waals surface area contributed by atoms with Crippen LogP contribution in [0.5, 0.6) is 5.75 Å². The monoisotopic (exact) mass is 396 g/mol. The largest absolute Gasteiger partial charge is 0.497 e. The van der Waals surface area contributed by atoms with Crippen LogP contribution in [0.1, 0.15) is 37.0 Å². The molecule has 2 aromatic carbocycles. The third-order valence-corrected chi connectivity index (χ3v) is 5.08. The lowest BCUT2D eigenvalue weighted by Crippen LogP contribution is -2.19. The minimum atomic E-state index is -0.347. The van der Waals surface area contributed by atoms with Crippen LogP contribution in [0.2, 0.25) is 0 Å². The highest BCUT2D eigenvalue weighted by Crippen LogP contribution is 2.20. The molecular weight excluding hydrogens is 368 g/mol. The average molecular weight is 396 g/mol. The molecule has 0 N–H and O–H groups in total. The van der Waals surface area contributed by atoms with E-state index in [4.69, 9.17) is 18.9 Å². The van der Waals surface area contributed by atoms with Crippen LogP contribution in [0.15, 0.2) is 60.2 Å². The summed E-state index contributed by atoms with van der Waals surface area (Å²) in [5.74, 6) is 0.561. The Balaban J connectivity index is 1.61. The maximum absolute atomic E-state index is 12.2. The zero-order valence-electron chi connectivity index (χ0n) is 17.2. The van der Waals surface area contributed by atoms with Crippen molar-refractivity contribution in [1.29, 1.82) is 0 Å². The molecule has 1 aliphatic rings. The fraction of sp³-hybridized carbons (Fsp3) is 0.375. The highest BCUT2D eigenvalue weighted by molar-refractivity contribution is 5.70. The Kier molecular flexibility index (Phi) is 7.44. The number of benzene rings is 2. The molecule has 0 saturated heterocycles. The van der Waals surface area contributed by atoms with Crippen LogP contribution in [-0.2, 0) is 38.8 Å². The third-order valence-electron chi connectivity index (χ3n) is 5.08. The summed E-state index contributed by atoms with van der Waals surface area (Å²) in [6, 6.07) is 15.7. The Morgan fingerprint density at radius 1 is 1.14 bits per heavy atom. The Hall–Kier alpha value is -2.63. The van der Waals surface area contributed by atoms with E-state index >= 15 is 0 Å². The summed E-state index contributed by atoms with van der Waals surface area (Å²) < 4.78 is 22.6. The first-order chi connectivity index (χ1) is 14.0. The summed E-state index contributed by atoms with van der Waals surface area (Å²) >= 11 is 0. The van der Waals surface area contributed by atoms with Gasteiger partial charge in [0.1, 0.15) is 12.4 Å². The minimum absolute atomic E-state index is 0.100. The minimum Gasteiger partial charge on any atom is -0.497 e. The lowest BCUT2D eigenvalue weighted by molar-refractivity contribution is -0.147. The lowest BCUT2D eigenvalue weighted by Gasteiger charge is -2.18. The number of esters is 1. The predicted octanol–water partition coefficient (Wildman–Crippen LogP) is 4.58.